The molecule has 0 atom stereocenters. The number of esters is 1. The van der Waals surface area contributed by atoms with Crippen molar-refractivity contribution >= 4 is 17.3 Å². The Bertz CT molecular complexity index is 472. The molecular weight excluding hydrogens is 254 g/mol. The Morgan fingerprint density at radius 2 is 1.90 bits per heavy atom. The molecule has 0 aliphatic heterocycles. The summed E-state index contributed by atoms with van der Waals surface area (Å²) in [7, 11) is 7.50. The van der Waals surface area contributed by atoms with Gasteiger partial charge in [-0.1, -0.05) is 0 Å². The molecule has 0 spiro atoms. The smallest absolute Gasteiger partial charge is 0.340 e. The number of nitrogen functional groups attached to an aromatic ring is 1. The fourth-order valence-electron chi connectivity index (χ4n) is 2.03. The summed E-state index contributed by atoms with van der Waals surface area (Å²) in [6, 6.07) is 3.79. The molecule has 0 radical (unpaired) electrons. The van der Waals surface area contributed by atoms with Crippen LogP contribution in [0.25, 0.3) is 0 Å². The molecular formula is C15H25N3O2. The number of nitrogens with zero attached hydrogens (tertiary/aromatic N) is 2. The minimum absolute atomic E-state index is 0.394. The number of aryl methyl sites for hydroxylation is 1. The molecule has 0 fully saturated rings. The number of nitrogens with two attached hydrogens (primary N) is 1. The summed E-state index contributed by atoms with van der Waals surface area (Å²) in [5.74, 6) is -0.394. The van der Waals surface area contributed by atoms with Gasteiger partial charge in [-0.25, -0.2) is 4.79 Å². The Labute approximate surface area is 121 Å². The lowest BCUT2D eigenvalue weighted by atomic mass is 10.1. The van der Waals surface area contributed by atoms with E-state index in [4.69, 9.17) is 10.5 Å². The average Bonchev–Trinajstić information content (AvgIpc) is 2.40. The first-order chi connectivity index (χ1) is 9.36. The molecule has 0 saturated carbocycles. The van der Waals surface area contributed by atoms with Crippen molar-refractivity contribution in [1.29, 1.82) is 0 Å². The third-order valence-corrected chi connectivity index (χ3v) is 3.32. The monoisotopic (exact) mass is 279 g/mol. The number of methoxy groups -OCH3 is 1. The Morgan fingerprint density at radius 3 is 2.45 bits per heavy atom. The first-order valence-electron chi connectivity index (χ1n) is 6.71. The van der Waals surface area contributed by atoms with Gasteiger partial charge in [0, 0.05) is 25.0 Å². The molecule has 0 aliphatic rings. The summed E-state index contributed by atoms with van der Waals surface area (Å²) >= 11 is 0. The molecule has 0 aromatic heterocycles. The van der Waals surface area contributed by atoms with Crippen LogP contribution >= 0.6 is 0 Å². The number of carbonyl (C=O) groups is 1. The molecule has 0 heterocycles. The highest BCUT2D eigenvalue weighted by atomic mass is 16.5. The first-order valence-corrected chi connectivity index (χ1v) is 6.71. The average molecular weight is 279 g/mol. The van der Waals surface area contributed by atoms with Crippen LogP contribution in [0.2, 0.25) is 0 Å². The predicted molar refractivity (Wildman–Crippen MR) is 83.4 cm³/mol. The van der Waals surface area contributed by atoms with Crippen LogP contribution in [0, 0.1) is 6.92 Å². The Morgan fingerprint density at radius 1 is 1.25 bits per heavy atom. The molecule has 0 unspecified atom stereocenters. The lowest BCUT2D eigenvalue weighted by molar-refractivity contribution is 0.0602. The lowest BCUT2D eigenvalue weighted by Gasteiger charge is -2.22. The largest absolute Gasteiger partial charge is 0.465 e. The van der Waals surface area contributed by atoms with Gasteiger partial charge in [0.05, 0.1) is 12.7 Å². The number of benzene rings is 1. The van der Waals surface area contributed by atoms with Crippen molar-refractivity contribution in [3.8, 4) is 0 Å². The lowest BCUT2D eigenvalue weighted by Crippen LogP contribution is -2.24. The van der Waals surface area contributed by atoms with Crippen LogP contribution in [-0.4, -0.2) is 52.2 Å². The summed E-state index contributed by atoms with van der Waals surface area (Å²) in [5, 5.41) is 0. The van der Waals surface area contributed by atoms with E-state index in [1.54, 1.807) is 6.07 Å². The molecule has 2 N–H and O–H groups in total. The molecule has 112 valence electrons. The van der Waals surface area contributed by atoms with Gasteiger partial charge in [0.2, 0.25) is 0 Å². The molecule has 1 aromatic rings. The van der Waals surface area contributed by atoms with E-state index in [-0.39, 0.29) is 0 Å². The highest BCUT2D eigenvalue weighted by Crippen LogP contribution is 2.25. The van der Waals surface area contributed by atoms with Crippen molar-refractivity contribution in [2.75, 3.05) is 52.0 Å². The van der Waals surface area contributed by atoms with Crippen molar-refractivity contribution in [2.45, 2.75) is 13.3 Å². The van der Waals surface area contributed by atoms with E-state index in [1.807, 2.05) is 20.0 Å². The Balaban J connectivity index is 2.90. The Kier molecular flexibility index (Phi) is 5.82. The standard InChI is InChI=1S/C15H25N3O2/c1-11-9-12(18(4)8-6-7-17(2)3)10-13(14(11)16)15(19)20-5/h9-10H,6-8,16H2,1-5H3. The number of rotatable bonds is 6. The topological polar surface area (TPSA) is 58.8 Å². The molecule has 1 aromatic carbocycles. The van der Waals surface area contributed by atoms with Crippen LogP contribution in [0.1, 0.15) is 22.3 Å². The minimum Gasteiger partial charge on any atom is -0.465 e. The first kappa shape index (κ1) is 16.3. The summed E-state index contributed by atoms with van der Waals surface area (Å²) in [6.07, 6.45) is 1.06. The molecule has 5 heteroatoms. The molecule has 5 nitrogen and oxygen atoms in total. The maximum atomic E-state index is 11.7. The Hall–Kier alpha value is -1.75. The van der Waals surface area contributed by atoms with E-state index < -0.39 is 5.97 Å². The second-order valence-corrected chi connectivity index (χ2v) is 5.29. The number of hydrogen-bond acceptors (Lipinski definition) is 5. The van der Waals surface area contributed by atoms with Crippen molar-refractivity contribution in [3.05, 3.63) is 23.3 Å². The van der Waals surface area contributed by atoms with Gasteiger partial charge in [-0.3, -0.25) is 0 Å². The SMILES string of the molecule is COC(=O)c1cc(N(C)CCCN(C)C)cc(C)c1N. The molecule has 0 bridgehead atoms. The van der Waals surface area contributed by atoms with Gasteiger partial charge in [-0.2, -0.15) is 0 Å². The summed E-state index contributed by atoms with van der Waals surface area (Å²) in [4.78, 5) is 16.0. The molecule has 20 heavy (non-hydrogen) atoms. The number of ether oxygens (including phenoxy) is 1. The van der Waals surface area contributed by atoms with E-state index in [0.29, 0.717) is 11.3 Å². The maximum Gasteiger partial charge on any atom is 0.340 e. The van der Waals surface area contributed by atoms with Gasteiger partial charge in [0.25, 0.3) is 0 Å². The summed E-state index contributed by atoms with van der Waals surface area (Å²) < 4.78 is 4.78. The van der Waals surface area contributed by atoms with Crippen LogP contribution in [-0.2, 0) is 4.74 Å². The second-order valence-electron chi connectivity index (χ2n) is 5.29. The van der Waals surface area contributed by atoms with Gasteiger partial charge >= 0.3 is 5.97 Å². The summed E-state index contributed by atoms with van der Waals surface area (Å²) in [6.45, 7) is 3.85. The fourth-order valence-corrected chi connectivity index (χ4v) is 2.03. The van der Waals surface area contributed by atoms with Crippen LogP contribution in [0.4, 0.5) is 11.4 Å². The van der Waals surface area contributed by atoms with Crippen molar-refractivity contribution < 1.29 is 9.53 Å². The van der Waals surface area contributed by atoms with Crippen LogP contribution in [0.15, 0.2) is 12.1 Å². The molecule has 0 saturated heterocycles. The van der Waals surface area contributed by atoms with Gasteiger partial charge in [0.15, 0.2) is 0 Å². The zero-order valence-corrected chi connectivity index (χ0v) is 13.1. The van der Waals surface area contributed by atoms with Gasteiger partial charge < -0.3 is 20.3 Å². The molecule has 0 amide bonds. The zero-order chi connectivity index (χ0) is 15.3. The number of anilines is 2. The minimum atomic E-state index is -0.394. The van der Waals surface area contributed by atoms with E-state index in [0.717, 1.165) is 30.8 Å². The van der Waals surface area contributed by atoms with Crippen molar-refractivity contribution in [3.63, 3.8) is 0 Å². The van der Waals surface area contributed by atoms with Crippen molar-refractivity contribution in [1.82, 2.24) is 4.90 Å². The van der Waals surface area contributed by atoms with Gasteiger partial charge in [-0.15, -0.1) is 0 Å². The number of carbonyl (C=O) groups excluding carboxylic acids is 1. The van der Waals surface area contributed by atoms with E-state index in [2.05, 4.69) is 23.9 Å². The normalized spacial score (nSPS) is 10.7. The summed E-state index contributed by atoms with van der Waals surface area (Å²) in [5.41, 5.74) is 8.74. The van der Waals surface area contributed by atoms with Crippen LogP contribution in [0.5, 0.6) is 0 Å². The van der Waals surface area contributed by atoms with E-state index in [9.17, 15) is 4.79 Å². The quantitative estimate of drug-likeness (QED) is 0.635. The van der Waals surface area contributed by atoms with E-state index >= 15 is 0 Å². The molecule has 0 aliphatic carbocycles. The highest BCUT2D eigenvalue weighted by Gasteiger charge is 2.14. The number of hydrogen-bond donors (Lipinski definition) is 1. The maximum absolute atomic E-state index is 11.7. The van der Waals surface area contributed by atoms with Gasteiger partial charge in [0.1, 0.15) is 0 Å². The van der Waals surface area contributed by atoms with Crippen LogP contribution < -0.4 is 10.6 Å². The third kappa shape index (κ3) is 4.13. The second kappa shape index (κ2) is 7.14. The zero-order valence-electron chi connectivity index (χ0n) is 13.1. The predicted octanol–water partition coefficient (Wildman–Crippen LogP) is 1.75. The third-order valence-electron chi connectivity index (χ3n) is 3.32. The highest BCUT2D eigenvalue weighted by molar-refractivity contribution is 5.97. The van der Waals surface area contributed by atoms with E-state index in [1.165, 1.54) is 7.11 Å². The van der Waals surface area contributed by atoms with Crippen LogP contribution in [0.3, 0.4) is 0 Å². The van der Waals surface area contributed by atoms with Gasteiger partial charge in [-0.05, 0) is 51.7 Å². The fraction of sp³-hybridized carbons (Fsp3) is 0.533. The van der Waals surface area contributed by atoms with Crippen molar-refractivity contribution in [2.24, 2.45) is 0 Å². The molecule has 1 rings (SSSR count).